The number of hydrogen-bond acceptors (Lipinski definition) is 3. The van der Waals surface area contributed by atoms with Crippen LogP contribution in [0.1, 0.15) is 13.8 Å². The molecule has 1 aromatic heterocycles. The molecule has 0 spiro atoms. The number of hydrogen-bond donors (Lipinski definition) is 1. The van der Waals surface area contributed by atoms with Crippen LogP contribution < -0.4 is 5.32 Å². The molecule has 0 bridgehead atoms. The molecule has 0 amide bonds. The Hall–Kier alpha value is -1.29. The number of nitrogens with zero attached hydrogens (tertiary/aromatic N) is 2. The minimum absolute atomic E-state index is 0.611. The minimum Gasteiger partial charge on any atom is -0.369 e. The van der Waals surface area contributed by atoms with Gasteiger partial charge in [0, 0.05) is 18.7 Å². The summed E-state index contributed by atoms with van der Waals surface area (Å²) in [5.41, 5.74) is 1.56. The van der Waals surface area contributed by atoms with Crippen molar-refractivity contribution in [3.8, 4) is 11.3 Å². The fourth-order valence-corrected chi connectivity index (χ4v) is 2.89. The van der Waals surface area contributed by atoms with E-state index < -0.39 is 0 Å². The zero-order valence-electron chi connectivity index (χ0n) is 12.9. The smallest absolute Gasteiger partial charge is 0.126 e. The summed E-state index contributed by atoms with van der Waals surface area (Å²) in [5.74, 6) is 0.834. The van der Waals surface area contributed by atoms with Crippen LogP contribution in [0.3, 0.4) is 0 Å². The van der Waals surface area contributed by atoms with Crippen LogP contribution in [-0.2, 0) is 0 Å². The molecular weight excluding hydrogens is 317 g/mol. The van der Waals surface area contributed by atoms with E-state index in [0.29, 0.717) is 10.0 Å². The van der Waals surface area contributed by atoms with Crippen LogP contribution in [0.15, 0.2) is 36.4 Å². The number of benzene rings is 1. The van der Waals surface area contributed by atoms with Crippen molar-refractivity contribution >= 4 is 29.0 Å². The summed E-state index contributed by atoms with van der Waals surface area (Å²) in [4.78, 5) is 6.98. The van der Waals surface area contributed by atoms with Crippen LogP contribution in [0.4, 0.5) is 5.82 Å². The molecule has 1 N–H and O–H groups in total. The first-order valence-electron chi connectivity index (χ1n) is 7.53. The van der Waals surface area contributed by atoms with Crippen LogP contribution in [0, 0.1) is 0 Å². The predicted molar refractivity (Wildman–Crippen MR) is 96.0 cm³/mol. The van der Waals surface area contributed by atoms with Gasteiger partial charge in [-0.25, -0.2) is 4.98 Å². The summed E-state index contributed by atoms with van der Waals surface area (Å²) in [5, 5.41) is 4.58. The summed E-state index contributed by atoms with van der Waals surface area (Å²) in [6.45, 7) is 8.30. The second-order valence-electron chi connectivity index (χ2n) is 4.96. The number of aromatic nitrogens is 1. The molecule has 0 radical (unpaired) electrons. The number of nitrogens with one attached hydrogen (secondary N) is 1. The van der Waals surface area contributed by atoms with Crippen LogP contribution in [0.5, 0.6) is 0 Å². The first-order chi connectivity index (χ1) is 10.7. The zero-order chi connectivity index (χ0) is 15.9. The number of pyridine rings is 1. The van der Waals surface area contributed by atoms with Crippen LogP contribution in [0.2, 0.25) is 10.0 Å². The lowest BCUT2D eigenvalue weighted by Crippen LogP contribution is -2.28. The van der Waals surface area contributed by atoms with Gasteiger partial charge in [-0.3, -0.25) is 0 Å². The molecule has 0 fully saturated rings. The third-order valence-corrected chi connectivity index (χ3v) is 4.23. The quantitative estimate of drug-likeness (QED) is 0.785. The van der Waals surface area contributed by atoms with E-state index in [-0.39, 0.29) is 0 Å². The van der Waals surface area contributed by atoms with E-state index in [1.807, 2.05) is 36.4 Å². The molecular formula is C17H21Cl2N3. The lowest BCUT2D eigenvalue weighted by atomic mass is 10.1. The Labute approximate surface area is 142 Å². The highest BCUT2D eigenvalue weighted by Crippen LogP contribution is 2.33. The molecule has 0 aliphatic rings. The summed E-state index contributed by atoms with van der Waals surface area (Å²) >= 11 is 12.5. The Bertz CT molecular complexity index is 592. The normalized spacial score (nSPS) is 11.0. The van der Waals surface area contributed by atoms with Crippen molar-refractivity contribution in [2.45, 2.75) is 13.8 Å². The van der Waals surface area contributed by atoms with Crippen molar-refractivity contribution in [2.75, 3.05) is 31.5 Å². The van der Waals surface area contributed by atoms with Crippen molar-refractivity contribution in [1.82, 2.24) is 9.88 Å². The van der Waals surface area contributed by atoms with Crippen LogP contribution in [0.25, 0.3) is 11.3 Å². The van der Waals surface area contributed by atoms with Gasteiger partial charge in [-0.2, -0.15) is 0 Å². The molecule has 5 heteroatoms. The van der Waals surface area contributed by atoms with Crippen molar-refractivity contribution in [1.29, 1.82) is 0 Å². The third-order valence-electron chi connectivity index (χ3n) is 3.60. The summed E-state index contributed by atoms with van der Waals surface area (Å²) in [6.07, 6.45) is 0. The number of rotatable bonds is 7. The third kappa shape index (κ3) is 4.35. The summed E-state index contributed by atoms with van der Waals surface area (Å²) < 4.78 is 0. The van der Waals surface area contributed by atoms with Gasteiger partial charge in [0.25, 0.3) is 0 Å². The van der Waals surface area contributed by atoms with E-state index in [9.17, 15) is 0 Å². The fourth-order valence-electron chi connectivity index (χ4n) is 2.30. The van der Waals surface area contributed by atoms with Gasteiger partial charge in [-0.05, 0) is 37.4 Å². The van der Waals surface area contributed by atoms with Gasteiger partial charge in [0.1, 0.15) is 5.82 Å². The molecule has 1 aromatic carbocycles. The molecule has 0 saturated heterocycles. The number of anilines is 1. The number of halogens is 2. The lowest BCUT2D eigenvalue weighted by molar-refractivity contribution is 0.316. The molecule has 0 aliphatic carbocycles. The van der Waals surface area contributed by atoms with Gasteiger partial charge in [-0.15, -0.1) is 0 Å². The van der Waals surface area contributed by atoms with Crippen molar-refractivity contribution < 1.29 is 0 Å². The van der Waals surface area contributed by atoms with Gasteiger partial charge in [-0.1, -0.05) is 49.2 Å². The maximum absolute atomic E-state index is 6.25. The molecule has 3 nitrogen and oxygen atoms in total. The highest BCUT2D eigenvalue weighted by Gasteiger charge is 2.10. The maximum atomic E-state index is 6.25. The standard InChI is InChI=1S/C17H21Cl2N3/c1-3-22(4-2)12-11-20-16-10-6-9-15(21-16)17-13(18)7-5-8-14(17)19/h5-10H,3-4,11-12H2,1-2H3,(H,20,21). The summed E-state index contributed by atoms with van der Waals surface area (Å²) in [6, 6.07) is 11.3. The van der Waals surface area contributed by atoms with Gasteiger partial charge >= 0.3 is 0 Å². The highest BCUT2D eigenvalue weighted by atomic mass is 35.5. The Balaban J connectivity index is 2.10. The first kappa shape index (κ1) is 17.1. The molecule has 22 heavy (non-hydrogen) atoms. The molecule has 0 saturated carbocycles. The van der Waals surface area contributed by atoms with Crippen molar-refractivity contribution in [3.05, 3.63) is 46.4 Å². The Kier molecular flexibility index (Phi) is 6.49. The number of likely N-dealkylation sites (N-methyl/N-ethyl adjacent to an activating group) is 1. The van der Waals surface area contributed by atoms with Crippen LogP contribution in [-0.4, -0.2) is 36.1 Å². The molecule has 2 aromatic rings. The highest BCUT2D eigenvalue weighted by molar-refractivity contribution is 6.39. The SMILES string of the molecule is CCN(CC)CCNc1cccc(-c2c(Cl)cccc2Cl)n1. The van der Waals surface area contributed by atoms with E-state index >= 15 is 0 Å². The largest absolute Gasteiger partial charge is 0.369 e. The average molecular weight is 338 g/mol. The monoisotopic (exact) mass is 337 g/mol. The molecule has 1 heterocycles. The minimum atomic E-state index is 0.611. The predicted octanol–water partition coefficient (Wildman–Crippen LogP) is 4.81. The Morgan fingerprint density at radius 2 is 1.64 bits per heavy atom. The fraction of sp³-hybridized carbons (Fsp3) is 0.353. The average Bonchev–Trinajstić information content (AvgIpc) is 2.52. The van der Waals surface area contributed by atoms with Gasteiger partial charge in [0.15, 0.2) is 0 Å². The molecule has 2 rings (SSSR count). The molecule has 118 valence electrons. The van der Waals surface area contributed by atoms with Crippen LogP contribution >= 0.6 is 23.2 Å². The maximum Gasteiger partial charge on any atom is 0.126 e. The Morgan fingerprint density at radius 1 is 1.00 bits per heavy atom. The molecule has 0 aliphatic heterocycles. The van der Waals surface area contributed by atoms with Gasteiger partial charge in [0.2, 0.25) is 0 Å². The lowest BCUT2D eigenvalue weighted by Gasteiger charge is -2.18. The molecule has 0 atom stereocenters. The van der Waals surface area contributed by atoms with E-state index in [2.05, 4.69) is 29.0 Å². The molecule has 0 unspecified atom stereocenters. The van der Waals surface area contributed by atoms with Gasteiger partial charge < -0.3 is 10.2 Å². The topological polar surface area (TPSA) is 28.2 Å². The van der Waals surface area contributed by atoms with E-state index in [0.717, 1.165) is 43.3 Å². The second-order valence-corrected chi connectivity index (χ2v) is 5.77. The Morgan fingerprint density at radius 3 is 2.27 bits per heavy atom. The first-order valence-corrected chi connectivity index (χ1v) is 8.29. The van der Waals surface area contributed by atoms with Crippen molar-refractivity contribution in [2.24, 2.45) is 0 Å². The summed E-state index contributed by atoms with van der Waals surface area (Å²) in [7, 11) is 0. The van der Waals surface area contributed by atoms with E-state index in [4.69, 9.17) is 23.2 Å². The van der Waals surface area contributed by atoms with Gasteiger partial charge in [0.05, 0.1) is 15.7 Å². The zero-order valence-corrected chi connectivity index (χ0v) is 14.5. The van der Waals surface area contributed by atoms with E-state index in [1.165, 1.54) is 0 Å². The van der Waals surface area contributed by atoms with Crippen molar-refractivity contribution in [3.63, 3.8) is 0 Å². The van der Waals surface area contributed by atoms with E-state index in [1.54, 1.807) is 0 Å². The second kappa shape index (κ2) is 8.37.